The molecule has 0 bridgehead atoms. The lowest BCUT2D eigenvalue weighted by Crippen LogP contribution is -2.17. The highest BCUT2D eigenvalue weighted by atomic mass is 31.2. The molecule has 0 aromatic heterocycles. The lowest BCUT2D eigenvalue weighted by atomic mass is 10.0. The Morgan fingerprint density at radius 2 is 1.21 bits per heavy atom. The maximum Gasteiger partial charge on any atom is 0.243 e. The first-order valence-corrected chi connectivity index (χ1v) is 9.68. The van der Waals surface area contributed by atoms with Crippen molar-refractivity contribution in [2.75, 3.05) is 7.11 Å². The summed E-state index contributed by atoms with van der Waals surface area (Å²) in [5.41, 5.74) is 2.65. The van der Waals surface area contributed by atoms with Crippen LogP contribution in [0.3, 0.4) is 0 Å². The van der Waals surface area contributed by atoms with Gasteiger partial charge in [0.25, 0.3) is 0 Å². The molecule has 122 valence electrons. The van der Waals surface area contributed by atoms with Crippen molar-refractivity contribution in [3.05, 3.63) is 102 Å². The van der Waals surface area contributed by atoms with Crippen molar-refractivity contribution >= 4 is 12.7 Å². The van der Waals surface area contributed by atoms with Crippen LogP contribution in [0.4, 0.5) is 0 Å². The van der Waals surface area contributed by atoms with Gasteiger partial charge in [-0.2, -0.15) is 0 Å². The maximum atomic E-state index is 14.1. The second-order valence-electron chi connectivity index (χ2n) is 5.79. The monoisotopic (exact) mass is 336 g/mol. The molecule has 0 fully saturated rings. The Kier molecular flexibility index (Phi) is 4.99. The van der Waals surface area contributed by atoms with Gasteiger partial charge < -0.3 is 4.52 Å². The smallest absolute Gasteiger partial charge is 0.243 e. The summed E-state index contributed by atoms with van der Waals surface area (Å²) in [7, 11) is -1.60. The summed E-state index contributed by atoms with van der Waals surface area (Å²) in [5.74, 6) is 0. The van der Waals surface area contributed by atoms with Crippen molar-refractivity contribution in [3.8, 4) is 0 Å². The van der Waals surface area contributed by atoms with Gasteiger partial charge in [0.15, 0.2) is 0 Å². The van der Waals surface area contributed by atoms with Crippen molar-refractivity contribution in [2.45, 2.75) is 12.6 Å². The van der Waals surface area contributed by atoms with Crippen LogP contribution in [0.2, 0.25) is 0 Å². The van der Waals surface area contributed by atoms with Crippen LogP contribution in [0.5, 0.6) is 0 Å². The van der Waals surface area contributed by atoms with Gasteiger partial charge in [-0.1, -0.05) is 78.9 Å². The lowest BCUT2D eigenvalue weighted by Gasteiger charge is -2.28. The molecule has 0 aliphatic heterocycles. The van der Waals surface area contributed by atoms with Crippen LogP contribution >= 0.6 is 7.37 Å². The number of hydrogen-bond donors (Lipinski definition) is 0. The van der Waals surface area contributed by atoms with Crippen LogP contribution in [0.25, 0.3) is 0 Å². The largest absolute Gasteiger partial charge is 0.328 e. The first kappa shape index (κ1) is 16.7. The fraction of sp³-hybridized carbons (Fsp3) is 0.143. The molecule has 0 spiro atoms. The molecule has 3 aromatic carbocycles. The lowest BCUT2D eigenvalue weighted by molar-refractivity contribution is 0.397. The third-order valence-electron chi connectivity index (χ3n) is 4.29. The Balaban J connectivity index is 2.24. The molecule has 1 atom stereocenters. The minimum atomic E-state index is -3.14. The molecule has 3 rings (SSSR count). The Morgan fingerprint density at radius 3 is 1.67 bits per heavy atom. The van der Waals surface area contributed by atoms with E-state index in [4.69, 9.17) is 4.52 Å². The predicted molar refractivity (Wildman–Crippen MR) is 100 cm³/mol. The average Bonchev–Trinajstić information content (AvgIpc) is 2.64. The van der Waals surface area contributed by atoms with Crippen LogP contribution in [-0.4, -0.2) is 7.11 Å². The summed E-state index contributed by atoms with van der Waals surface area (Å²) in [4.78, 5) is 0. The van der Waals surface area contributed by atoms with E-state index in [1.54, 1.807) is 7.11 Å². The Bertz CT molecular complexity index is 804. The number of hydrogen-bond acceptors (Lipinski definition) is 2. The number of rotatable bonds is 5. The van der Waals surface area contributed by atoms with Crippen molar-refractivity contribution in [1.82, 2.24) is 0 Å². The zero-order valence-corrected chi connectivity index (χ0v) is 14.8. The molecule has 3 aromatic rings. The zero-order chi connectivity index (χ0) is 17.0. The zero-order valence-electron chi connectivity index (χ0n) is 13.9. The van der Waals surface area contributed by atoms with Crippen molar-refractivity contribution < 1.29 is 9.09 Å². The van der Waals surface area contributed by atoms with Gasteiger partial charge in [0, 0.05) is 12.4 Å². The van der Waals surface area contributed by atoms with Gasteiger partial charge >= 0.3 is 0 Å². The minimum Gasteiger partial charge on any atom is -0.328 e. The topological polar surface area (TPSA) is 26.3 Å². The van der Waals surface area contributed by atoms with E-state index >= 15 is 0 Å². The highest BCUT2D eigenvalue weighted by Crippen LogP contribution is 2.61. The first-order valence-electron chi connectivity index (χ1n) is 7.98. The molecule has 0 radical (unpaired) electrons. The van der Waals surface area contributed by atoms with Crippen molar-refractivity contribution in [1.29, 1.82) is 0 Å². The second kappa shape index (κ2) is 7.17. The van der Waals surface area contributed by atoms with Gasteiger partial charge in [-0.05, 0) is 29.7 Å². The van der Waals surface area contributed by atoms with Crippen LogP contribution in [0.15, 0.2) is 84.9 Å². The van der Waals surface area contributed by atoms with E-state index in [2.05, 4.69) is 0 Å². The quantitative estimate of drug-likeness (QED) is 0.588. The molecule has 0 N–H and O–H groups in total. The number of aryl methyl sites for hydroxylation is 1. The minimum absolute atomic E-state index is 0.328. The van der Waals surface area contributed by atoms with Gasteiger partial charge in [0.1, 0.15) is 0 Å². The summed E-state index contributed by atoms with van der Waals surface area (Å²) in [6, 6.07) is 27.7. The Hall–Kier alpha value is -2.15. The van der Waals surface area contributed by atoms with Crippen LogP contribution in [0, 0.1) is 6.92 Å². The molecule has 1 unspecified atom stereocenters. The number of benzene rings is 3. The Morgan fingerprint density at radius 1 is 0.750 bits per heavy atom. The summed E-state index contributed by atoms with van der Waals surface area (Å²) < 4.78 is 19.8. The van der Waals surface area contributed by atoms with Crippen LogP contribution < -0.4 is 5.30 Å². The molecule has 0 aliphatic carbocycles. The fourth-order valence-corrected chi connectivity index (χ4v) is 5.79. The van der Waals surface area contributed by atoms with Gasteiger partial charge in [0.2, 0.25) is 7.37 Å². The van der Waals surface area contributed by atoms with Crippen molar-refractivity contribution in [2.24, 2.45) is 0 Å². The summed E-state index contributed by atoms with van der Waals surface area (Å²) in [6.07, 6.45) is 0. The third kappa shape index (κ3) is 3.08. The van der Waals surface area contributed by atoms with Gasteiger partial charge in [-0.15, -0.1) is 0 Å². The summed E-state index contributed by atoms with van der Waals surface area (Å²) in [6.45, 7) is 1.98. The Labute approximate surface area is 143 Å². The predicted octanol–water partition coefficient (Wildman–Crippen LogP) is 5.33. The molecule has 0 saturated heterocycles. The maximum absolute atomic E-state index is 14.1. The summed E-state index contributed by atoms with van der Waals surface area (Å²) >= 11 is 0. The van der Waals surface area contributed by atoms with E-state index in [0.717, 1.165) is 22.0 Å². The standard InChI is InChI=1S/C21H21O2P/c1-17-11-9-10-16-20(17)24(22,23-2)21(18-12-5-3-6-13-18)19-14-7-4-8-15-19/h3-16,21H,1-2H3. The molecule has 3 heteroatoms. The molecule has 0 heterocycles. The van der Waals surface area contributed by atoms with E-state index in [9.17, 15) is 4.57 Å². The first-order chi connectivity index (χ1) is 11.7. The molecule has 24 heavy (non-hydrogen) atoms. The normalized spacial score (nSPS) is 13.6. The fourth-order valence-electron chi connectivity index (χ4n) is 3.11. The highest BCUT2D eigenvalue weighted by molar-refractivity contribution is 7.67. The average molecular weight is 336 g/mol. The van der Waals surface area contributed by atoms with E-state index < -0.39 is 7.37 Å². The second-order valence-corrected chi connectivity index (χ2v) is 8.35. The van der Waals surface area contributed by atoms with Gasteiger partial charge in [0.05, 0.1) is 5.66 Å². The molecular formula is C21H21O2P. The summed E-state index contributed by atoms with van der Waals surface area (Å²) in [5, 5.41) is 0.783. The molecular weight excluding hydrogens is 315 g/mol. The highest BCUT2D eigenvalue weighted by Gasteiger charge is 2.38. The third-order valence-corrected chi connectivity index (χ3v) is 7.28. The van der Waals surface area contributed by atoms with E-state index in [1.165, 1.54) is 0 Å². The van der Waals surface area contributed by atoms with Crippen LogP contribution in [-0.2, 0) is 9.09 Å². The molecule has 0 saturated carbocycles. The molecule has 2 nitrogen and oxygen atoms in total. The molecule has 0 amide bonds. The van der Waals surface area contributed by atoms with E-state index in [0.29, 0.717) is 0 Å². The van der Waals surface area contributed by atoms with Gasteiger partial charge in [-0.3, -0.25) is 4.57 Å². The SMILES string of the molecule is COP(=O)(c1ccccc1C)C(c1ccccc1)c1ccccc1. The van der Waals surface area contributed by atoms with E-state index in [1.807, 2.05) is 91.9 Å². The van der Waals surface area contributed by atoms with Gasteiger partial charge in [-0.25, -0.2) is 0 Å². The van der Waals surface area contributed by atoms with Crippen LogP contribution in [0.1, 0.15) is 22.3 Å². The van der Waals surface area contributed by atoms with Crippen molar-refractivity contribution in [3.63, 3.8) is 0 Å². The van der Waals surface area contributed by atoms with E-state index in [-0.39, 0.29) is 5.66 Å². The molecule has 0 aliphatic rings.